The van der Waals surface area contributed by atoms with Crippen molar-refractivity contribution >= 4 is 17.2 Å². The lowest BCUT2D eigenvalue weighted by atomic mass is 10.1. The van der Waals surface area contributed by atoms with Crippen LogP contribution in [0.2, 0.25) is 0 Å². The fourth-order valence-electron chi connectivity index (χ4n) is 2.00. The summed E-state index contributed by atoms with van der Waals surface area (Å²) in [6.07, 6.45) is 0. The van der Waals surface area contributed by atoms with Gasteiger partial charge in [-0.15, -0.1) is 16.4 Å². The Hall–Kier alpha value is -2.14. The third-order valence-electron chi connectivity index (χ3n) is 3.05. The first-order valence-electron chi connectivity index (χ1n) is 5.99. The van der Waals surface area contributed by atoms with Crippen LogP contribution in [-0.4, -0.2) is 15.0 Å². The number of aromatic nitrogens is 3. The van der Waals surface area contributed by atoms with Crippen LogP contribution in [0.15, 0.2) is 35.7 Å². The van der Waals surface area contributed by atoms with E-state index in [1.807, 2.05) is 24.4 Å². The van der Waals surface area contributed by atoms with E-state index in [9.17, 15) is 0 Å². The molecule has 4 nitrogen and oxygen atoms in total. The monoisotopic (exact) mass is 270 g/mol. The summed E-state index contributed by atoms with van der Waals surface area (Å²) in [6.45, 7) is 4.09. The molecule has 0 fully saturated rings. The van der Waals surface area contributed by atoms with E-state index < -0.39 is 0 Å². The number of nitrogens with two attached hydrogens (primary N) is 1. The van der Waals surface area contributed by atoms with Crippen LogP contribution >= 0.6 is 11.3 Å². The molecule has 1 aromatic carbocycles. The summed E-state index contributed by atoms with van der Waals surface area (Å²) in [5.41, 5.74) is 10.2. The molecule has 96 valence electrons. The maximum Gasteiger partial charge on any atom is 0.156 e. The van der Waals surface area contributed by atoms with Crippen LogP contribution < -0.4 is 5.73 Å². The third kappa shape index (κ3) is 2.02. The van der Waals surface area contributed by atoms with Crippen molar-refractivity contribution in [1.82, 2.24) is 15.0 Å². The maximum absolute atomic E-state index is 6.19. The molecule has 0 spiro atoms. The number of anilines is 1. The van der Waals surface area contributed by atoms with E-state index in [1.165, 1.54) is 5.56 Å². The highest BCUT2D eigenvalue weighted by molar-refractivity contribution is 7.13. The number of hydrogen-bond donors (Lipinski definition) is 1. The summed E-state index contributed by atoms with van der Waals surface area (Å²) in [5, 5.41) is 10.4. The van der Waals surface area contributed by atoms with Gasteiger partial charge in [0.15, 0.2) is 5.82 Å². The van der Waals surface area contributed by atoms with E-state index in [2.05, 4.69) is 35.4 Å². The molecule has 0 aliphatic carbocycles. The molecule has 3 aromatic rings. The highest BCUT2D eigenvalue weighted by Gasteiger charge is 2.14. The summed E-state index contributed by atoms with van der Waals surface area (Å²) in [6, 6.07) is 10.2. The zero-order valence-corrected chi connectivity index (χ0v) is 11.6. The second-order valence-corrected chi connectivity index (χ2v) is 5.45. The van der Waals surface area contributed by atoms with Gasteiger partial charge in [-0.3, -0.25) is 0 Å². The van der Waals surface area contributed by atoms with Crippen LogP contribution in [-0.2, 0) is 0 Å². The van der Waals surface area contributed by atoms with Crippen LogP contribution in [0.3, 0.4) is 0 Å². The van der Waals surface area contributed by atoms with Gasteiger partial charge in [0, 0.05) is 0 Å². The molecule has 0 aliphatic heterocycles. The number of nitrogens with zero attached hydrogens (tertiary/aromatic N) is 3. The molecule has 3 rings (SSSR count). The molecule has 0 unspecified atom stereocenters. The summed E-state index contributed by atoms with van der Waals surface area (Å²) >= 11 is 1.61. The number of aryl methyl sites for hydroxylation is 2. The molecule has 2 heterocycles. The summed E-state index contributed by atoms with van der Waals surface area (Å²) in [7, 11) is 0. The van der Waals surface area contributed by atoms with Crippen LogP contribution in [0, 0.1) is 13.8 Å². The van der Waals surface area contributed by atoms with Crippen molar-refractivity contribution < 1.29 is 0 Å². The van der Waals surface area contributed by atoms with Crippen molar-refractivity contribution in [3.8, 4) is 16.3 Å². The molecule has 0 amide bonds. The van der Waals surface area contributed by atoms with Crippen molar-refractivity contribution in [2.75, 3.05) is 5.73 Å². The summed E-state index contributed by atoms with van der Waals surface area (Å²) in [4.78, 5) is 1.04. The van der Waals surface area contributed by atoms with Gasteiger partial charge in [-0.25, -0.2) is 0 Å². The molecule has 0 aliphatic rings. The van der Waals surface area contributed by atoms with Crippen LogP contribution in [0.5, 0.6) is 0 Å². The van der Waals surface area contributed by atoms with E-state index in [-0.39, 0.29) is 0 Å². The number of benzene rings is 1. The standard InChI is InChI=1S/C14H14N4S/c1-9-5-6-10(2)11(8-9)18-14(15)13(16-17-18)12-4-3-7-19-12/h3-8H,15H2,1-2H3. The Bertz CT molecular complexity index is 713. The topological polar surface area (TPSA) is 56.7 Å². The van der Waals surface area contributed by atoms with Gasteiger partial charge in [0.05, 0.1) is 10.6 Å². The molecule has 19 heavy (non-hydrogen) atoms. The fraction of sp³-hybridized carbons (Fsp3) is 0.143. The SMILES string of the molecule is Cc1ccc(C)c(-n2nnc(-c3cccs3)c2N)c1. The third-order valence-corrected chi connectivity index (χ3v) is 3.93. The molecule has 0 saturated heterocycles. The van der Waals surface area contributed by atoms with E-state index in [1.54, 1.807) is 16.0 Å². The van der Waals surface area contributed by atoms with Crippen LogP contribution in [0.1, 0.15) is 11.1 Å². The molecule has 0 bridgehead atoms. The Kier molecular flexibility index (Phi) is 2.83. The molecule has 2 aromatic heterocycles. The molecule has 2 N–H and O–H groups in total. The van der Waals surface area contributed by atoms with Gasteiger partial charge in [0.25, 0.3) is 0 Å². The Labute approximate surface area is 115 Å². The second-order valence-electron chi connectivity index (χ2n) is 4.50. The molecule has 0 radical (unpaired) electrons. The Morgan fingerprint density at radius 1 is 1.21 bits per heavy atom. The van der Waals surface area contributed by atoms with Crippen molar-refractivity contribution in [2.24, 2.45) is 0 Å². The summed E-state index contributed by atoms with van der Waals surface area (Å²) in [5.74, 6) is 0.580. The molecular formula is C14H14N4S. The van der Waals surface area contributed by atoms with Crippen LogP contribution in [0.25, 0.3) is 16.3 Å². The minimum atomic E-state index is 0.580. The van der Waals surface area contributed by atoms with Gasteiger partial charge in [-0.2, -0.15) is 4.68 Å². The summed E-state index contributed by atoms with van der Waals surface area (Å²) < 4.78 is 1.71. The number of nitrogen functional groups attached to an aromatic ring is 1. The molecule has 5 heteroatoms. The Morgan fingerprint density at radius 2 is 2.05 bits per heavy atom. The average molecular weight is 270 g/mol. The number of hydrogen-bond acceptors (Lipinski definition) is 4. The van der Waals surface area contributed by atoms with E-state index >= 15 is 0 Å². The van der Waals surface area contributed by atoms with E-state index in [0.29, 0.717) is 5.82 Å². The second kappa shape index (κ2) is 4.51. The Morgan fingerprint density at radius 3 is 2.79 bits per heavy atom. The predicted molar refractivity (Wildman–Crippen MR) is 78.6 cm³/mol. The average Bonchev–Trinajstić information content (AvgIpc) is 3.01. The number of thiophene rings is 1. The predicted octanol–water partition coefficient (Wildman–Crippen LogP) is 3.19. The maximum atomic E-state index is 6.19. The van der Waals surface area contributed by atoms with Gasteiger partial charge in [0.2, 0.25) is 0 Å². The smallest absolute Gasteiger partial charge is 0.156 e. The lowest BCUT2D eigenvalue weighted by molar-refractivity contribution is 0.805. The van der Waals surface area contributed by atoms with Crippen molar-refractivity contribution in [3.63, 3.8) is 0 Å². The van der Waals surface area contributed by atoms with Gasteiger partial charge >= 0.3 is 0 Å². The van der Waals surface area contributed by atoms with Crippen molar-refractivity contribution in [1.29, 1.82) is 0 Å². The van der Waals surface area contributed by atoms with Gasteiger partial charge < -0.3 is 5.73 Å². The molecular weight excluding hydrogens is 256 g/mol. The van der Waals surface area contributed by atoms with Crippen molar-refractivity contribution in [2.45, 2.75) is 13.8 Å². The molecule has 0 atom stereocenters. The first-order chi connectivity index (χ1) is 9.16. The Balaban J connectivity index is 2.15. The minimum absolute atomic E-state index is 0.580. The first-order valence-corrected chi connectivity index (χ1v) is 6.87. The zero-order valence-electron chi connectivity index (χ0n) is 10.8. The largest absolute Gasteiger partial charge is 0.382 e. The first kappa shape index (κ1) is 11.9. The van der Waals surface area contributed by atoms with Crippen LogP contribution in [0.4, 0.5) is 5.82 Å². The normalized spacial score (nSPS) is 10.8. The minimum Gasteiger partial charge on any atom is -0.382 e. The van der Waals surface area contributed by atoms with Gasteiger partial charge in [-0.05, 0) is 42.5 Å². The zero-order chi connectivity index (χ0) is 13.4. The van der Waals surface area contributed by atoms with Gasteiger partial charge in [0.1, 0.15) is 5.69 Å². The lowest BCUT2D eigenvalue weighted by Crippen LogP contribution is -2.04. The highest BCUT2D eigenvalue weighted by Crippen LogP contribution is 2.29. The fourth-order valence-corrected chi connectivity index (χ4v) is 2.72. The lowest BCUT2D eigenvalue weighted by Gasteiger charge is -2.08. The van der Waals surface area contributed by atoms with Crippen molar-refractivity contribution in [3.05, 3.63) is 46.8 Å². The number of rotatable bonds is 2. The molecule has 0 saturated carbocycles. The quantitative estimate of drug-likeness (QED) is 0.778. The highest BCUT2D eigenvalue weighted by atomic mass is 32.1. The van der Waals surface area contributed by atoms with Gasteiger partial charge in [-0.1, -0.05) is 23.4 Å². The van der Waals surface area contributed by atoms with E-state index in [4.69, 9.17) is 5.73 Å². The van der Waals surface area contributed by atoms with E-state index in [0.717, 1.165) is 21.8 Å².